The third kappa shape index (κ3) is 1.44. The van der Waals surface area contributed by atoms with Crippen LogP contribution in [-0.2, 0) is 9.90 Å². The monoisotopic (exact) mass is 134 g/mol. The van der Waals surface area contributed by atoms with Gasteiger partial charge in [0.1, 0.15) is 0 Å². The second-order valence-electron chi connectivity index (χ2n) is 1.70. The van der Waals surface area contributed by atoms with E-state index >= 15 is 0 Å². The van der Waals surface area contributed by atoms with Crippen molar-refractivity contribution in [1.29, 1.82) is 0 Å². The summed E-state index contributed by atoms with van der Waals surface area (Å²) in [5, 5.41) is 10.5. The van der Waals surface area contributed by atoms with E-state index in [9.17, 15) is 9.90 Å². The highest BCUT2D eigenvalue weighted by atomic mass is 16.3. The van der Waals surface area contributed by atoms with E-state index in [1.165, 1.54) is 30.3 Å². The Morgan fingerprint density at radius 2 is 1.80 bits per heavy atom. The molecule has 0 aromatic heterocycles. The molecule has 0 N–H and O–H groups in total. The van der Waals surface area contributed by atoms with Crippen LogP contribution in [0.4, 0.5) is 5.69 Å². The molecule has 3 nitrogen and oxygen atoms in total. The van der Waals surface area contributed by atoms with Crippen LogP contribution in [0.2, 0.25) is 0 Å². The van der Waals surface area contributed by atoms with Gasteiger partial charge in [0.05, 0.1) is 5.69 Å². The van der Waals surface area contributed by atoms with E-state index in [4.69, 9.17) is 0 Å². The van der Waals surface area contributed by atoms with Crippen molar-refractivity contribution in [2.24, 2.45) is 4.99 Å². The van der Waals surface area contributed by atoms with Crippen LogP contribution in [0.25, 0.3) is 0 Å². The molecular weight excluding hydrogens is 130 g/mol. The van der Waals surface area contributed by atoms with Gasteiger partial charge in [0.15, 0.2) is 5.75 Å². The lowest BCUT2D eigenvalue weighted by Crippen LogP contribution is -1.62. The number of benzene rings is 1. The molecule has 0 unspecified atom stereocenters. The minimum Gasteiger partial charge on any atom is -0.290 e. The van der Waals surface area contributed by atoms with Crippen LogP contribution in [0.1, 0.15) is 0 Å². The van der Waals surface area contributed by atoms with Crippen molar-refractivity contribution in [2.75, 3.05) is 0 Å². The first kappa shape index (κ1) is 6.52. The first-order valence-electron chi connectivity index (χ1n) is 2.68. The predicted octanol–water partition coefficient (Wildman–Crippen LogP) is 1.80. The molecule has 0 heterocycles. The van der Waals surface area contributed by atoms with Gasteiger partial charge in [-0.1, -0.05) is 0 Å². The fraction of sp³-hybridized carbons (Fsp3) is 0. The Hall–Kier alpha value is -1.60. The number of hydrogen-bond donors (Lipinski definition) is 0. The fourth-order valence-electron chi connectivity index (χ4n) is 0.573. The lowest BCUT2D eigenvalue weighted by Gasteiger charge is -1.86. The van der Waals surface area contributed by atoms with Gasteiger partial charge < -0.3 is 0 Å². The maximum atomic E-state index is 10.5. The summed E-state index contributed by atoms with van der Waals surface area (Å²) in [6.07, 6.45) is 1.38. The van der Waals surface area contributed by atoms with Crippen LogP contribution in [0.3, 0.4) is 0 Å². The summed E-state index contributed by atoms with van der Waals surface area (Å²) in [5.74, 6) is -0.0927. The average molecular weight is 134 g/mol. The van der Waals surface area contributed by atoms with Gasteiger partial charge in [-0.3, -0.25) is 5.11 Å². The van der Waals surface area contributed by atoms with Crippen LogP contribution in [0.15, 0.2) is 29.3 Å². The molecule has 10 heavy (non-hydrogen) atoms. The Morgan fingerprint density at radius 1 is 1.20 bits per heavy atom. The van der Waals surface area contributed by atoms with Crippen molar-refractivity contribution in [2.45, 2.75) is 0 Å². The molecule has 1 aromatic rings. The van der Waals surface area contributed by atoms with Gasteiger partial charge in [-0.05, 0) is 24.3 Å². The Kier molecular flexibility index (Phi) is 1.83. The number of nitrogens with zero attached hydrogens (tertiary/aromatic N) is 1. The fourth-order valence-corrected chi connectivity index (χ4v) is 0.573. The molecule has 1 aromatic carbocycles. The summed E-state index contributed by atoms with van der Waals surface area (Å²) in [4.78, 5) is 13.0. The van der Waals surface area contributed by atoms with Crippen molar-refractivity contribution >= 4 is 11.8 Å². The van der Waals surface area contributed by atoms with E-state index in [1.54, 1.807) is 0 Å². The number of rotatable bonds is 1. The van der Waals surface area contributed by atoms with Crippen molar-refractivity contribution in [3.63, 3.8) is 0 Å². The van der Waals surface area contributed by atoms with Crippen molar-refractivity contribution < 1.29 is 9.90 Å². The van der Waals surface area contributed by atoms with Crippen LogP contribution in [0, 0.1) is 0 Å². The maximum Gasteiger partial charge on any atom is 0.240 e. The Bertz CT molecular complexity index is 259. The number of aliphatic imine (C=N–C) groups is 1. The van der Waals surface area contributed by atoms with Crippen LogP contribution in [-0.4, -0.2) is 6.08 Å². The lowest BCUT2D eigenvalue weighted by molar-refractivity contribution is 0.355. The van der Waals surface area contributed by atoms with Crippen LogP contribution >= 0.6 is 0 Å². The molecule has 0 atom stereocenters. The Morgan fingerprint density at radius 3 is 2.30 bits per heavy atom. The highest BCUT2D eigenvalue weighted by Gasteiger charge is 1.89. The minimum absolute atomic E-state index is 0.0927. The van der Waals surface area contributed by atoms with Gasteiger partial charge in [0.2, 0.25) is 6.08 Å². The lowest BCUT2D eigenvalue weighted by atomic mass is 10.3. The van der Waals surface area contributed by atoms with E-state index in [0.717, 1.165) is 0 Å². The molecule has 0 saturated heterocycles. The molecule has 0 fully saturated rings. The standard InChI is InChI=1S/C7H4NO2/c9-5-8-6-1-3-7(10)4-2-6/h1-4H. The largest absolute Gasteiger partial charge is 0.290 e. The zero-order valence-electron chi connectivity index (χ0n) is 5.07. The first-order chi connectivity index (χ1) is 4.83. The second kappa shape index (κ2) is 2.80. The molecule has 3 heteroatoms. The molecule has 0 bridgehead atoms. The summed E-state index contributed by atoms with van der Waals surface area (Å²) in [6, 6.07) is 5.62. The quantitative estimate of drug-likeness (QED) is 0.426. The SMILES string of the molecule is [O]c1ccc(N=C=O)cc1. The summed E-state index contributed by atoms with van der Waals surface area (Å²) >= 11 is 0. The maximum absolute atomic E-state index is 10.5. The molecule has 0 spiro atoms. The van der Waals surface area contributed by atoms with Crippen molar-refractivity contribution in [1.82, 2.24) is 0 Å². The highest BCUT2D eigenvalue weighted by molar-refractivity contribution is 5.49. The topological polar surface area (TPSA) is 49.3 Å². The molecule has 0 aliphatic rings. The Balaban J connectivity index is 3.00. The molecule has 0 aliphatic carbocycles. The van der Waals surface area contributed by atoms with Gasteiger partial charge in [-0.2, -0.15) is 4.99 Å². The van der Waals surface area contributed by atoms with Crippen LogP contribution in [0.5, 0.6) is 5.75 Å². The molecule has 0 aliphatic heterocycles. The summed E-state index contributed by atoms with van der Waals surface area (Å²) < 4.78 is 0. The first-order valence-corrected chi connectivity index (χ1v) is 2.68. The molecule has 0 amide bonds. The van der Waals surface area contributed by atoms with Crippen molar-refractivity contribution in [3.8, 4) is 5.75 Å². The Labute approximate surface area is 57.6 Å². The van der Waals surface area contributed by atoms with E-state index in [0.29, 0.717) is 5.69 Å². The van der Waals surface area contributed by atoms with Gasteiger partial charge in [0, 0.05) is 0 Å². The van der Waals surface area contributed by atoms with Gasteiger partial charge in [-0.25, -0.2) is 4.79 Å². The molecule has 1 rings (SSSR count). The number of carbonyl (C=O) groups excluding carboxylic acids is 1. The third-order valence-corrected chi connectivity index (χ3v) is 1.01. The predicted molar refractivity (Wildman–Crippen MR) is 34.4 cm³/mol. The van der Waals surface area contributed by atoms with Crippen LogP contribution < -0.4 is 0 Å². The number of isocyanates is 1. The third-order valence-electron chi connectivity index (χ3n) is 1.01. The molecule has 0 saturated carbocycles. The zero-order valence-corrected chi connectivity index (χ0v) is 5.07. The van der Waals surface area contributed by atoms with Gasteiger partial charge in [-0.15, -0.1) is 0 Å². The van der Waals surface area contributed by atoms with E-state index in [2.05, 4.69) is 4.99 Å². The normalized spacial score (nSPS) is 8.40. The summed E-state index contributed by atoms with van der Waals surface area (Å²) in [5.41, 5.74) is 0.453. The number of hydrogen-bond acceptors (Lipinski definition) is 2. The smallest absolute Gasteiger partial charge is 0.240 e. The second-order valence-corrected chi connectivity index (χ2v) is 1.70. The molecular formula is C7H4NO2. The van der Waals surface area contributed by atoms with E-state index in [-0.39, 0.29) is 5.75 Å². The highest BCUT2D eigenvalue weighted by Crippen LogP contribution is 2.15. The zero-order chi connectivity index (χ0) is 7.40. The van der Waals surface area contributed by atoms with E-state index in [1.807, 2.05) is 0 Å². The minimum atomic E-state index is -0.0927. The van der Waals surface area contributed by atoms with E-state index < -0.39 is 0 Å². The summed E-state index contributed by atoms with van der Waals surface area (Å²) in [6.45, 7) is 0. The van der Waals surface area contributed by atoms with Gasteiger partial charge >= 0.3 is 0 Å². The molecule has 49 valence electrons. The average Bonchev–Trinajstić information content (AvgIpc) is 1.95. The van der Waals surface area contributed by atoms with Gasteiger partial charge in [0.25, 0.3) is 0 Å². The summed E-state index contributed by atoms with van der Waals surface area (Å²) in [7, 11) is 0. The molecule has 1 radical (unpaired) electrons. The van der Waals surface area contributed by atoms with Crippen molar-refractivity contribution in [3.05, 3.63) is 24.3 Å².